The average molecular weight is 252 g/mol. The lowest BCUT2D eigenvalue weighted by Gasteiger charge is -2.16. The van der Waals surface area contributed by atoms with Crippen LogP contribution in [0.5, 0.6) is 0 Å². The molecule has 1 atom stereocenters. The molecule has 0 aliphatic carbocycles. The first kappa shape index (κ1) is 11.7. The molecule has 0 saturated carbocycles. The van der Waals surface area contributed by atoms with Gasteiger partial charge in [0.25, 0.3) is 0 Å². The first-order valence-corrected chi connectivity index (χ1v) is 6.35. The van der Waals surface area contributed by atoms with Gasteiger partial charge in [0.15, 0.2) is 0 Å². The van der Waals surface area contributed by atoms with Gasteiger partial charge in [-0.2, -0.15) is 5.10 Å². The fourth-order valence-corrected chi connectivity index (χ4v) is 2.24. The summed E-state index contributed by atoms with van der Waals surface area (Å²) in [7, 11) is 0. The third kappa shape index (κ3) is 2.29. The van der Waals surface area contributed by atoms with E-state index >= 15 is 0 Å². The Balaban J connectivity index is 2.00. The van der Waals surface area contributed by atoms with Crippen LogP contribution >= 0.6 is 0 Å². The summed E-state index contributed by atoms with van der Waals surface area (Å²) in [6, 6.07) is 10.5. The van der Waals surface area contributed by atoms with Crippen molar-refractivity contribution in [2.24, 2.45) is 0 Å². The van der Waals surface area contributed by atoms with Crippen molar-refractivity contribution in [3.63, 3.8) is 0 Å². The molecule has 0 aliphatic rings. The number of anilines is 1. The van der Waals surface area contributed by atoms with Gasteiger partial charge in [0.05, 0.1) is 17.8 Å². The Bertz CT molecular complexity index is 688. The number of benzene rings is 1. The van der Waals surface area contributed by atoms with Crippen LogP contribution in [0.4, 0.5) is 5.69 Å². The van der Waals surface area contributed by atoms with Crippen molar-refractivity contribution >= 4 is 16.6 Å². The van der Waals surface area contributed by atoms with E-state index in [0.29, 0.717) is 0 Å². The topological polar surface area (TPSA) is 53.6 Å². The monoisotopic (exact) mass is 252 g/mol. The fraction of sp³-hybridized carbons (Fsp3) is 0.200. The first-order valence-electron chi connectivity index (χ1n) is 6.35. The molecule has 3 aromatic rings. The lowest BCUT2D eigenvalue weighted by molar-refractivity contribution is 0.887. The molecule has 0 fully saturated rings. The van der Waals surface area contributed by atoms with Crippen molar-refractivity contribution in [1.82, 2.24) is 15.2 Å². The Morgan fingerprint density at radius 1 is 1.26 bits per heavy atom. The van der Waals surface area contributed by atoms with Gasteiger partial charge in [0, 0.05) is 28.5 Å². The third-order valence-corrected chi connectivity index (χ3v) is 3.24. The van der Waals surface area contributed by atoms with Crippen molar-refractivity contribution in [3.8, 4) is 0 Å². The molecule has 0 amide bonds. The molecular weight excluding hydrogens is 236 g/mol. The highest BCUT2D eigenvalue weighted by molar-refractivity contribution is 5.91. The van der Waals surface area contributed by atoms with Gasteiger partial charge >= 0.3 is 0 Å². The summed E-state index contributed by atoms with van der Waals surface area (Å²) in [5, 5.41) is 11.5. The van der Waals surface area contributed by atoms with Gasteiger partial charge in [-0.25, -0.2) is 0 Å². The van der Waals surface area contributed by atoms with Gasteiger partial charge in [0.1, 0.15) is 0 Å². The highest BCUT2D eigenvalue weighted by Gasteiger charge is 2.09. The molecule has 2 heterocycles. The van der Waals surface area contributed by atoms with Gasteiger partial charge < -0.3 is 5.32 Å². The molecule has 0 aliphatic heterocycles. The number of aromatic nitrogens is 3. The van der Waals surface area contributed by atoms with E-state index in [1.165, 1.54) is 0 Å². The minimum Gasteiger partial charge on any atom is -0.378 e. The molecule has 4 nitrogen and oxygen atoms in total. The summed E-state index contributed by atoms with van der Waals surface area (Å²) in [6.07, 6.45) is 3.75. The summed E-state index contributed by atoms with van der Waals surface area (Å²) in [6.45, 7) is 4.13. The predicted octanol–water partition coefficient (Wildman–Crippen LogP) is 3.44. The number of nitrogens with one attached hydrogen (secondary N) is 2. The number of pyridine rings is 1. The van der Waals surface area contributed by atoms with E-state index < -0.39 is 0 Å². The normalized spacial score (nSPS) is 12.5. The van der Waals surface area contributed by atoms with E-state index in [-0.39, 0.29) is 6.04 Å². The maximum atomic E-state index is 4.55. The van der Waals surface area contributed by atoms with E-state index in [0.717, 1.165) is 27.8 Å². The van der Waals surface area contributed by atoms with E-state index in [9.17, 15) is 0 Å². The molecule has 19 heavy (non-hydrogen) atoms. The van der Waals surface area contributed by atoms with Crippen molar-refractivity contribution in [1.29, 1.82) is 0 Å². The van der Waals surface area contributed by atoms with Crippen LogP contribution in [-0.2, 0) is 0 Å². The molecule has 0 radical (unpaired) electrons. The van der Waals surface area contributed by atoms with Gasteiger partial charge in [-0.3, -0.25) is 10.1 Å². The number of aromatic amines is 1. The van der Waals surface area contributed by atoms with Gasteiger partial charge in [-0.05, 0) is 26.0 Å². The number of aryl methyl sites for hydroxylation is 1. The zero-order chi connectivity index (χ0) is 13.2. The van der Waals surface area contributed by atoms with Crippen molar-refractivity contribution in [2.45, 2.75) is 19.9 Å². The molecule has 96 valence electrons. The number of hydrogen-bond donors (Lipinski definition) is 2. The Kier molecular flexibility index (Phi) is 2.91. The van der Waals surface area contributed by atoms with Crippen LogP contribution in [0.1, 0.15) is 24.2 Å². The van der Waals surface area contributed by atoms with Crippen LogP contribution < -0.4 is 5.32 Å². The van der Waals surface area contributed by atoms with Crippen LogP contribution in [-0.4, -0.2) is 15.2 Å². The smallest absolute Gasteiger partial charge is 0.0725 e. The number of hydrogen-bond acceptors (Lipinski definition) is 3. The SMILES string of the molecule is Cc1cc(NC(C)c2cn[nH]c2)c2ccccc2n1. The summed E-state index contributed by atoms with van der Waals surface area (Å²) < 4.78 is 0. The fourth-order valence-electron chi connectivity index (χ4n) is 2.24. The van der Waals surface area contributed by atoms with Crippen molar-refractivity contribution < 1.29 is 0 Å². The van der Waals surface area contributed by atoms with Gasteiger partial charge in [-0.1, -0.05) is 18.2 Å². The van der Waals surface area contributed by atoms with Crippen LogP contribution in [0.25, 0.3) is 10.9 Å². The second kappa shape index (κ2) is 4.72. The number of para-hydroxylation sites is 1. The zero-order valence-corrected chi connectivity index (χ0v) is 11.0. The quantitative estimate of drug-likeness (QED) is 0.750. The minimum absolute atomic E-state index is 0.198. The highest BCUT2D eigenvalue weighted by Crippen LogP contribution is 2.26. The Labute approximate surface area is 111 Å². The van der Waals surface area contributed by atoms with Crippen LogP contribution in [0.15, 0.2) is 42.7 Å². The van der Waals surface area contributed by atoms with Crippen molar-refractivity contribution in [3.05, 3.63) is 54.0 Å². The largest absolute Gasteiger partial charge is 0.378 e. The zero-order valence-electron chi connectivity index (χ0n) is 11.0. The van der Waals surface area contributed by atoms with E-state index in [2.05, 4.69) is 39.6 Å². The van der Waals surface area contributed by atoms with E-state index in [1.807, 2.05) is 37.5 Å². The second-order valence-corrected chi connectivity index (χ2v) is 4.73. The van der Waals surface area contributed by atoms with Crippen LogP contribution in [0.2, 0.25) is 0 Å². The molecule has 2 aromatic heterocycles. The van der Waals surface area contributed by atoms with E-state index in [4.69, 9.17) is 0 Å². The number of H-pyrrole nitrogens is 1. The number of rotatable bonds is 3. The molecule has 1 unspecified atom stereocenters. The average Bonchev–Trinajstić information content (AvgIpc) is 2.92. The summed E-state index contributed by atoms with van der Waals surface area (Å²) in [5.41, 5.74) is 4.28. The lowest BCUT2D eigenvalue weighted by atomic mass is 10.1. The molecule has 0 bridgehead atoms. The summed E-state index contributed by atoms with van der Waals surface area (Å²) in [4.78, 5) is 4.55. The van der Waals surface area contributed by atoms with Gasteiger partial charge in [0.2, 0.25) is 0 Å². The lowest BCUT2D eigenvalue weighted by Crippen LogP contribution is -2.06. The van der Waals surface area contributed by atoms with Crippen LogP contribution in [0.3, 0.4) is 0 Å². The third-order valence-electron chi connectivity index (χ3n) is 3.24. The Morgan fingerprint density at radius 2 is 2.11 bits per heavy atom. The maximum Gasteiger partial charge on any atom is 0.0725 e. The molecule has 1 aromatic carbocycles. The van der Waals surface area contributed by atoms with E-state index in [1.54, 1.807) is 0 Å². The molecule has 3 rings (SSSR count). The molecule has 0 saturated heterocycles. The highest BCUT2D eigenvalue weighted by atomic mass is 15.1. The van der Waals surface area contributed by atoms with Crippen LogP contribution in [0, 0.1) is 6.92 Å². The summed E-state index contributed by atoms with van der Waals surface area (Å²) in [5.74, 6) is 0. The predicted molar refractivity (Wildman–Crippen MR) is 77.1 cm³/mol. The van der Waals surface area contributed by atoms with Crippen molar-refractivity contribution in [2.75, 3.05) is 5.32 Å². The minimum atomic E-state index is 0.198. The summed E-state index contributed by atoms with van der Waals surface area (Å²) >= 11 is 0. The Morgan fingerprint density at radius 3 is 2.89 bits per heavy atom. The number of fused-ring (bicyclic) bond motifs is 1. The first-order chi connectivity index (χ1) is 9.24. The Hall–Kier alpha value is -2.36. The molecular formula is C15H16N4. The maximum absolute atomic E-state index is 4.55. The van der Waals surface area contributed by atoms with Gasteiger partial charge in [-0.15, -0.1) is 0 Å². The number of nitrogens with zero attached hydrogens (tertiary/aromatic N) is 2. The standard InChI is InChI=1S/C15H16N4/c1-10-7-15(13-5-3-4-6-14(13)18-10)19-11(2)12-8-16-17-9-12/h3-9,11H,1-2H3,(H,16,17)(H,18,19). The molecule has 4 heteroatoms. The second-order valence-electron chi connectivity index (χ2n) is 4.73. The molecule has 2 N–H and O–H groups in total. The molecule has 0 spiro atoms.